The molecule has 27 heavy (non-hydrogen) atoms. The molecule has 0 saturated heterocycles. The molecule has 2 aromatic carbocycles. The second kappa shape index (κ2) is 7.98. The number of hydrogen-bond donors (Lipinski definition) is 1. The fourth-order valence-electron chi connectivity index (χ4n) is 3.00. The van der Waals surface area contributed by atoms with Crippen molar-refractivity contribution in [2.45, 2.75) is 12.8 Å². The Kier molecular flexibility index (Phi) is 5.68. The number of amides is 1. The number of hydrogen-bond acceptors (Lipinski definition) is 5. The van der Waals surface area contributed by atoms with Gasteiger partial charge in [0.05, 0.1) is 12.8 Å². The predicted molar refractivity (Wildman–Crippen MR) is 104 cm³/mol. The average molecular weight is 407 g/mol. The molecule has 0 bridgehead atoms. The smallest absolute Gasteiger partial charge is 0.305 e. The van der Waals surface area contributed by atoms with Gasteiger partial charge in [-0.05, 0) is 36.2 Å². The van der Waals surface area contributed by atoms with Crippen LogP contribution in [-0.4, -0.2) is 36.4 Å². The maximum absolute atomic E-state index is 12.6. The number of nitrogens with zero attached hydrogens (tertiary/aromatic N) is 2. The van der Waals surface area contributed by atoms with E-state index >= 15 is 0 Å². The lowest BCUT2D eigenvalue weighted by Gasteiger charge is -2.17. The fraction of sp³-hybridized carbons (Fsp3) is 0.211. The first-order chi connectivity index (χ1) is 13.0. The van der Waals surface area contributed by atoms with Crippen LogP contribution in [0.5, 0.6) is 0 Å². The molecule has 3 rings (SSSR count). The van der Waals surface area contributed by atoms with Crippen molar-refractivity contribution >= 4 is 46.5 Å². The monoisotopic (exact) mass is 406 g/mol. The van der Waals surface area contributed by atoms with Crippen LogP contribution in [-0.2, 0) is 14.3 Å². The molecule has 2 aromatic rings. The fourth-order valence-corrected chi connectivity index (χ4v) is 3.52. The molecule has 0 atom stereocenters. The Morgan fingerprint density at radius 2 is 1.93 bits per heavy atom. The number of oxime groups is 1. The van der Waals surface area contributed by atoms with Crippen LogP contribution in [0.4, 0.5) is 5.69 Å². The standard InChI is InChI=1S/C19H16Cl2N2O4/c1-27-17(24)3-2-8-23-16-9-11(13-7-5-12(20)10-15(13)21)4-6-14(16)18(22-26)19(23)25/h4-7,9-10,26H,2-3,8H2,1H3/b22-18+. The number of fused-ring (bicyclic) bond motifs is 1. The van der Waals surface area contributed by atoms with Crippen LogP contribution < -0.4 is 4.90 Å². The Bertz CT molecular complexity index is 943. The van der Waals surface area contributed by atoms with E-state index in [1.807, 2.05) is 0 Å². The van der Waals surface area contributed by atoms with Gasteiger partial charge in [0.1, 0.15) is 0 Å². The normalized spacial score (nSPS) is 14.6. The molecule has 1 N–H and O–H groups in total. The Balaban J connectivity index is 1.96. The first kappa shape index (κ1) is 19.2. The summed E-state index contributed by atoms with van der Waals surface area (Å²) in [5.74, 6) is -0.767. The zero-order chi connectivity index (χ0) is 19.6. The van der Waals surface area contributed by atoms with Crippen LogP contribution in [0.3, 0.4) is 0 Å². The van der Waals surface area contributed by atoms with E-state index in [2.05, 4.69) is 9.89 Å². The summed E-state index contributed by atoms with van der Waals surface area (Å²) in [4.78, 5) is 25.4. The summed E-state index contributed by atoms with van der Waals surface area (Å²) in [5, 5.41) is 13.4. The molecular formula is C19H16Cl2N2O4. The van der Waals surface area contributed by atoms with Crippen LogP contribution in [0, 0.1) is 0 Å². The van der Waals surface area contributed by atoms with Gasteiger partial charge in [-0.25, -0.2) is 0 Å². The molecule has 1 heterocycles. The highest BCUT2D eigenvalue weighted by atomic mass is 35.5. The number of carbonyl (C=O) groups excluding carboxylic acids is 2. The van der Waals surface area contributed by atoms with Crippen LogP contribution >= 0.6 is 23.2 Å². The van der Waals surface area contributed by atoms with Gasteiger partial charge in [-0.15, -0.1) is 0 Å². The second-order valence-electron chi connectivity index (χ2n) is 5.94. The van der Waals surface area contributed by atoms with Crippen molar-refractivity contribution in [2.75, 3.05) is 18.6 Å². The molecule has 0 radical (unpaired) electrons. The van der Waals surface area contributed by atoms with E-state index in [1.165, 1.54) is 12.0 Å². The third-order valence-corrected chi connectivity index (χ3v) is 4.87. The molecule has 0 saturated carbocycles. The summed E-state index contributed by atoms with van der Waals surface area (Å²) in [5.41, 5.74) is 2.65. The van der Waals surface area contributed by atoms with Gasteiger partial charge in [-0.2, -0.15) is 0 Å². The summed E-state index contributed by atoms with van der Waals surface area (Å²) >= 11 is 12.2. The lowest BCUT2D eigenvalue weighted by atomic mass is 10.0. The van der Waals surface area contributed by atoms with Gasteiger partial charge >= 0.3 is 5.97 Å². The Morgan fingerprint density at radius 3 is 2.59 bits per heavy atom. The molecule has 0 fully saturated rings. The van der Waals surface area contributed by atoms with Gasteiger partial charge in [0.15, 0.2) is 5.71 Å². The summed E-state index contributed by atoms with van der Waals surface area (Å²) in [6.45, 7) is 0.289. The molecule has 0 spiro atoms. The highest BCUT2D eigenvalue weighted by Gasteiger charge is 2.34. The van der Waals surface area contributed by atoms with E-state index in [1.54, 1.807) is 36.4 Å². The zero-order valence-electron chi connectivity index (χ0n) is 14.4. The molecule has 1 aliphatic heterocycles. The minimum atomic E-state index is -0.420. The van der Waals surface area contributed by atoms with E-state index in [-0.39, 0.29) is 24.6 Å². The molecule has 0 aromatic heterocycles. The van der Waals surface area contributed by atoms with Crippen molar-refractivity contribution in [2.24, 2.45) is 5.16 Å². The highest BCUT2D eigenvalue weighted by Crippen LogP contribution is 2.37. The number of anilines is 1. The van der Waals surface area contributed by atoms with Crippen LogP contribution in [0.15, 0.2) is 41.6 Å². The Labute approximate surface area is 165 Å². The summed E-state index contributed by atoms with van der Waals surface area (Å²) < 4.78 is 4.62. The number of benzene rings is 2. The zero-order valence-corrected chi connectivity index (χ0v) is 15.9. The van der Waals surface area contributed by atoms with Crippen molar-refractivity contribution in [1.82, 2.24) is 0 Å². The predicted octanol–water partition coefficient (Wildman–Crippen LogP) is 4.14. The van der Waals surface area contributed by atoms with Crippen molar-refractivity contribution in [3.8, 4) is 11.1 Å². The van der Waals surface area contributed by atoms with Crippen LogP contribution in [0.2, 0.25) is 10.0 Å². The lowest BCUT2D eigenvalue weighted by Crippen LogP contribution is -2.31. The second-order valence-corrected chi connectivity index (χ2v) is 6.78. The highest BCUT2D eigenvalue weighted by molar-refractivity contribution is 6.54. The number of esters is 1. The molecule has 0 unspecified atom stereocenters. The number of rotatable bonds is 5. The van der Waals surface area contributed by atoms with E-state index in [0.29, 0.717) is 27.7 Å². The third-order valence-electron chi connectivity index (χ3n) is 4.32. The molecular weight excluding hydrogens is 391 g/mol. The van der Waals surface area contributed by atoms with Crippen molar-refractivity contribution < 1.29 is 19.5 Å². The topological polar surface area (TPSA) is 79.2 Å². The maximum Gasteiger partial charge on any atom is 0.305 e. The number of carbonyl (C=O) groups is 2. The van der Waals surface area contributed by atoms with Gasteiger partial charge in [0, 0.05) is 34.1 Å². The van der Waals surface area contributed by atoms with E-state index in [0.717, 1.165) is 11.1 Å². The number of halogens is 2. The van der Waals surface area contributed by atoms with Gasteiger partial charge in [-0.1, -0.05) is 40.5 Å². The van der Waals surface area contributed by atoms with Gasteiger partial charge in [0.2, 0.25) is 0 Å². The number of methoxy groups -OCH3 is 1. The largest absolute Gasteiger partial charge is 0.469 e. The summed E-state index contributed by atoms with van der Waals surface area (Å²) in [6, 6.07) is 10.5. The average Bonchev–Trinajstić information content (AvgIpc) is 2.92. The Morgan fingerprint density at radius 1 is 1.19 bits per heavy atom. The molecule has 6 nitrogen and oxygen atoms in total. The van der Waals surface area contributed by atoms with E-state index in [4.69, 9.17) is 23.2 Å². The van der Waals surface area contributed by atoms with E-state index < -0.39 is 5.91 Å². The summed E-state index contributed by atoms with van der Waals surface area (Å²) in [6.07, 6.45) is 0.604. The van der Waals surface area contributed by atoms with Crippen molar-refractivity contribution in [3.63, 3.8) is 0 Å². The number of ether oxygens (including phenoxy) is 1. The van der Waals surface area contributed by atoms with Gasteiger partial charge in [0.25, 0.3) is 5.91 Å². The van der Waals surface area contributed by atoms with Gasteiger partial charge < -0.3 is 14.8 Å². The molecule has 1 amide bonds. The Hall–Kier alpha value is -2.57. The van der Waals surface area contributed by atoms with Gasteiger partial charge in [-0.3, -0.25) is 9.59 Å². The van der Waals surface area contributed by atoms with Crippen LogP contribution in [0.1, 0.15) is 18.4 Å². The summed E-state index contributed by atoms with van der Waals surface area (Å²) in [7, 11) is 1.32. The first-order valence-corrected chi connectivity index (χ1v) is 8.92. The molecule has 0 aliphatic carbocycles. The maximum atomic E-state index is 12.6. The first-order valence-electron chi connectivity index (χ1n) is 8.17. The van der Waals surface area contributed by atoms with Crippen molar-refractivity contribution in [1.29, 1.82) is 0 Å². The molecule has 140 valence electrons. The molecule has 8 heteroatoms. The lowest BCUT2D eigenvalue weighted by molar-refractivity contribution is -0.140. The van der Waals surface area contributed by atoms with E-state index in [9.17, 15) is 14.8 Å². The SMILES string of the molecule is COC(=O)CCCN1C(=O)/C(=N/O)c2ccc(-c3ccc(Cl)cc3Cl)cc21. The molecule has 1 aliphatic rings. The van der Waals surface area contributed by atoms with Crippen molar-refractivity contribution in [3.05, 3.63) is 52.0 Å². The third kappa shape index (κ3) is 3.77. The van der Waals surface area contributed by atoms with Crippen LogP contribution in [0.25, 0.3) is 11.1 Å². The quantitative estimate of drug-likeness (QED) is 0.459. The minimum Gasteiger partial charge on any atom is -0.469 e. The minimum absolute atomic E-state index is 0.0307.